The van der Waals surface area contributed by atoms with Crippen LogP contribution in [-0.4, -0.2) is 20.0 Å². The lowest BCUT2D eigenvalue weighted by atomic mass is 10.4. The molecule has 2 heterocycles. The van der Waals surface area contributed by atoms with E-state index in [1.807, 2.05) is 13.0 Å². The van der Waals surface area contributed by atoms with Crippen molar-refractivity contribution in [2.75, 3.05) is 0 Å². The Hall–Kier alpha value is -1.62. The minimum absolute atomic E-state index is 0.369. The Morgan fingerprint density at radius 3 is 2.88 bits per heavy atom. The molecule has 6 heteroatoms. The monoisotopic (exact) mass is 238 g/mol. The van der Waals surface area contributed by atoms with Gasteiger partial charge in [0, 0.05) is 12.7 Å². The van der Waals surface area contributed by atoms with Crippen molar-refractivity contribution in [2.45, 2.75) is 13.5 Å². The minimum atomic E-state index is 0.369. The maximum Gasteiger partial charge on any atom is 0.171 e. The van der Waals surface area contributed by atoms with Crippen molar-refractivity contribution in [3.05, 3.63) is 34.9 Å². The molecule has 0 aromatic carbocycles. The second-order valence-electron chi connectivity index (χ2n) is 3.38. The highest BCUT2D eigenvalue weighted by Crippen LogP contribution is 2.22. The summed E-state index contributed by atoms with van der Waals surface area (Å²) in [6, 6.07) is 3.65. The fourth-order valence-electron chi connectivity index (χ4n) is 1.21. The van der Waals surface area contributed by atoms with Gasteiger partial charge in [0.15, 0.2) is 10.9 Å². The Labute approximate surface area is 98.0 Å². The summed E-state index contributed by atoms with van der Waals surface area (Å²) in [7, 11) is 1.81. The van der Waals surface area contributed by atoms with Gasteiger partial charge in [-0.3, -0.25) is 0 Å². The van der Waals surface area contributed by atoms with E-state index in [4.69, 9.17) is 16.3 Å². The second kappa shape index (κ2) is 4.49. The Balaban J connectivity index is 2.08. The number of aryl methyl sites for hydroxylation is 2. The van der Waals surface area contributed by atoms with Crippen molar-refractivity contribution in [1.29, 1.82) is 0 Å². The van der Waals surface area contributed by atoms with Crippen molar-refractivity contribution in [1.82, 2.24) is 20.0 Å². The lowest BCUT2D eigenvalue weighted by Gasteiger charge is -2.07. The van der Waals surface area contributed by atoms with Crippen LogP contribution in [0.2, 0.25) is 5.15 Å². The summed E-state index contributed by atoms with van der Waals surface area (Å²) in [6.07, 6.45) is 1.65. The zero-order chi connectivity index (χ0) is 11.5. The van der Waals surface area contributed by atoms with E-state index in [0.29, 0.717) is 17.5 Å². The van der Waals surface area contributed by atoms with Gasteiger partial charge < -0.3 is 4.74 Å². The molecule has 0 fully saturated rings. The number of hydrogen-bond acceptors (Lipinski definition) is 4. The second-order valence-corrected chi connectivity index (χ2v) is 3.74. The van der Waals surface area contributed by atoms with E-state index in [2.05, 4.69) is 15.3 Å². The largest absolute Gasteiger partial charge is 0.484 e. The summed E-state index contributed by atoms with van der Waals surface area (Å²) in [6.45, 7) is 2.24. The standard InChI is InChI=1S/C10H11ClN4O/c1-7-3-4-9(10(11)13-7)16-6-8-5-12-14-15(8)2/h3-5H,6H2,1-2H3. The van der Waals surface area contributed by atoms with Crippen LogP contribution >= 0.6 is 11.6 Å². The van der Waals surface area contributed by atoms with Crippen LogP contribution in [0.5, 0.6) is 5.75 Å². The summed E-state index contributed by atoms with van der Waals surface area (Å²) < 4.78 is 7.17. The van der Waals surface area contributed by atoms with Crippen molar-refractivity contribution >= 4 is 11.6 Å². The Morgan fingerprint density at radius 2 is 2.25 bits per heavy atom. The molecule has 0 aliphatic rings. The molecule has 5 nitrogen and oxygen atoms in total. The number of hydrogen-bond donors (Lipinski definition) is 0. The normalized spacial score (nSPS) is 10.4. The fraction of sp³-hybridized carbons (Fsp3) is 0.300. The van der Waals surface area contributed by atoms with Crippen LogP contribution in [-0.2, 0) is 13.7 Å². The molecule has 0 N–H and O–H groups in total. The fourth-order valence-corrected chi connectivity index (χ4v) is 1.46. The van der Waals surface area contributed by atoms with E-state index < -0.39 is 0 Å². The molecule has 0 aliphatic heterocycles. The van der Waals surface area contributed by atoms with E-state index >= 15 is 0 Å². The Bertz CT molecular complexity index is 497. The lowest BCUT2D eigenvalue weighted by molar-refractivity contribution is 0.294. The molecule has 0 radical (unpaired) electrons. The highest BCUT2D eigenvalue weighted by atomic mass is 35.5. The first-order chi connectivity index (χ1) is 7.66. The molecule has 0 atom stereocenters. The predicted octanol–water partition coefficient (Wildman–Crippen LogP) is 1.75. The van der Waals surface area contributed by atoms with Crippen LogP contribution in [0.15, 0.2) is 18.3 Å². The van der Waals surface area contributed by atoms with Gasteiger partial charge >= 0.3 is 0 Å². The third-order valence-electron chi connectivity index (χ3n) is 2.14. The van der Waals surface area contributed by atoms with Crippen LogP contribution in [0, 0.1) is 6.92 Å². The van der Waals surface area contributed by atoms with Gasteiger partial charge in [-0.2, -0.15) is 0 Å². The molecule has 2 aromatic rings. The highest BCUT2D eigenvalue weighted by Gasteiger charge is 2.05. The third-order valence-corrected chi connectivity index (χ3v) is 2.41. The maximum atomic E-state index is 5.94. The summed E-state index contributed by atoms with van der Waals surface area (Å²) in [5, 5.41) is 7.93. The zero-order valence-corrected chi connectivity index (χ0v) is 9.77. The van der Waals surface area contributed by atoms with Gasteiger partial charge in [0.25, 0.3) is 0 Å². The molecule has 2 aromatic heterocycles. The maximum absolute atomic E-state index is 5.94. The molecule has 84 valence electrons. The van der Waals surface area contributed by atoms with E-state index in [-0.39, 0.29) is 0 Å². The topological polar surface area (TPSA) is 52.8 Å². The van der Waals surface area contributed by atoms with Gasteiger partial charge in [0.1, 0.15) is 6.61 Å². The van der Waals surface area contributed by atoms with Crippen LogP contribution < -0.4 is 4.74 Å². The van der Waals surface area contributed by atoms with Crippen molar-refractivity contribution < 1.29 is 4.74 Å². The first-order valence-corrected chi connectivity index (χ1v) is 5.14. The molecule has 0 unspecified atom stereocenters. The van der Waals surface area contributed by atoms with Crippen molar-refractivity contribution in [3.8, 4) is 5.75 Å². The first kappa shape index (κ1) is 10.9. The quantitative estimate of drug-likeness (QED) is 0.765. The van der Waals surface area contributed by atoms with Crippen LogP contribution in [0.4, 0.5) is 0 Å². The van der Waals surface area contributed by atoms with Crippen LogP contribution in [0.25, 0.3) is 0 Å². The SMILES string of the molecule is Cc1ccc(OCc2cnnn2C)c(Cl)n1. The van der Waals surface area contributed by atoms with Gasteiger partial charge in [-0.25, -0.2) is 9.67 Å². The van der Waals surface area contributed by atoms with Crippen molar-refractivity contribution in [2.24, 2.45) is 7.05 Å². The molecule has 0 amide bonds. The van der Waals surface area contributed by atoms with Gasteiger partial charge in [-0.05, 0) is 19.1 Å². The average Bonchev–Trinajstić information content (AvgIpc) is 2.63. The van der Waals surface area contributed by atoms with E-state index in [1.54, 1.807) is 24.0 Å². The van der Waals surface area contributed by atoms with Gasteiger partial charge in [0.2, 0.25) is 0 Å². The lowest BCUT2D eigenvalue weighted by Crippen LogP contribution is -2.03. The Kier molecular flexibility index (Phi) is 3.05. The molecule has 0 bridgehead atoms. The molecule has 0 aliphatic carbocycles. The summed E-state index contributed by atoms with van der Waals surface area (Å²) in [5.41, 5.74) is 1.73. The summed E-state index contributed by atoms with van der Waals surface area (Å²) in [4.78, 5) is 4.10. The average molecular weight is 239 g/mol. The number of pyridine rings is 1. The van der Waals surface area contributed by atoms with E-state index in [1.165, 1.54) is 0 Å². The van der Waals surface area contributed by atoms with Gasteiger partial charge in [0.05, 0.1) is 11.9 Å². The number of rotatable bonds is 3. The highest BCUT2D eigenvalue weighted by molar-refractivity contribution is 6.30. The Morgan fingerprint density at radius 1 is 1.44 bits per heavy atom. The molecular weight excluding hydrogens is 228 g/mol. The third kappa shape index (κ3) is 2.30. The number of aromatic nitrogens is 4. The number of nitrogens with zero attached hydrogens (tertiary/aromatic N) is 4. The molecule has 16 heavy (non-hydrogen) atoms. The molecule has 0 spiro atoms. The van der Waals surface area contributed by atoms with E-state index in [0.717, 1.165) is 11.4 Å². The predicted molar refractivity (Wildman–Crippen MR) is 59.3 cm³/mol. The van der Waals surface area contributed by atoms with E-state index in [9.17, 15) is 0 Å². The minimum Gasteiger partial charge on any atom is -0.484 e. The molecule has 0 saturated carbocycles. The zero-order valence-electron chi connectivity index (χ0n) is 9.01. The van der Waals surface area contributed by atoms with Gasteiger partial charge in [-0.15, -0.1) is 5.10 Å². The van der Waals surface area contributed by atoms with Gasteiger partial charge in [-0.1, -0.05) is 16.8 Å². The summed E-state index contributed by atoms with van der Waals surface area (Å²) in [5.74, 6) is 0.563. The van der Waals surface area contributed by atoms with Crippen LogP contribution in [0.3, 0.4) is 0 Å². The number of ether oxygens (including phenoxy) is 1. The molecule has 0 saturated heterocycles. The first-order valence-electron chi connectivity index (χ1n) is 4.76. The smallest absolute Gasteiger partial charge is 0.171 e. The van der Waals surface area contributed by atoms with Crippen molar-refractivity contribution in [3.63, 3.8) is 0 Å². The molecular formula is C10H11ClN4O. The molecule has 2 rings (SSSR count). The summed E-state index contributed by atoms with van der Waals surface area (Å²) >= 11 is 5.94. The number of halogens is 1. The van der Waals surface area contributed by atoms with Crippen LogP contribution in [0.1, 0.15) is 11.4 Å².